The fourth-order valence-corrected chi connectivity index (χ4v) is 3.54. The fourth-order valence-electron chi connectivity index (χ4n) is 3.54. The van der Waals surface area contributed by atoms with Gasteiger partial charge in [0.2, 0.25) is 0 Å². The minimum absolute atomic E-state index is 1.03. The zero-order valence-electron chi connectivity index (χ0n) is 10.1. The highest BCUT2D eigenvalue weighted by Crippen LogP contribution is 2.34. The van der Waals surface area contributed by atoms with Gasteiger partial charge in [-0.05, 0) is 62.5 Å². The summed E-state index contributed by atoms with van der Waals surface area (Å²) in [6.07, 6.45) is 12.9. The molecule has 0 radical (unpaired) electrons. The van der Waals surface area contributed by atoms with Crippen molar-refractivity contribution in [1.29, 1.82) is 0 Å². The van der Waals surface area contributed by atoms with Gasteiger partial charge in [0, 0.05) is 17.9 Å². The SMILES string of the molecule is C=CCn1c2c(c3c1CCCC3)CCCC2. The van der Waals surface area contributed by atoms with Crippen molar-refractivity contribution in [1.82, 2.24) is 4.57 Å². The van der Waals surface area contributed by atoms with Crippen LogP contribution in [0.2, 0.25) is 0 Å². The third-order valence-corrected chi connectivity index (χ3v) is 4.20. The number of hydrogen-bond donors (Lipinski definition) is 0. The van der Waals surface area contributed by atoms with Crippen LogP contribution in [0.5, 0.6) is 0 Å². The lowest BCUT2D eigenvalue weighted by Gasteiger charge is -2.15. The van der Waals surface area contributed by atoms with Crippen LogP contribution in [0.3, 0.4) is 0 Å². The van der Waals surface area contributed by atoms with Crippen molar-refractivity contribution >= 4 is 0 Å². The van der Waals surface area contributed by atoms with Gasteiger partial charge in [0.05, 0.1) is 0 Å². The van der Waals surface area contributed by atoms with Gasteiger partial charge in [-0.25, -0.2) is 0 Å². The Bertz CT molecular complexity index is 378. The van der Waals surface area contributed by atoms with Gasteiger partial charge in [0.25, 0.3) is 0 Å². The maximum absolute atomic E-state index is 3.91. The van der Waals surface area contributed by atoms with E-state index in [9.17, 15) is 0 Å². The van der Waals surface area contributed by atoms with Gasteiger partial charge in [-0.1, -0.05) is 6.08 Å². The van der Waals surface area contributed by atoms with Gasteiger partial charge in [-0.2, -0.15) is 0 Å². The molecular weight excluding hydrogens is 194 g/mol. The summed E-state index contributed by atoms with van der Waals surface area (Å²) in [5.41, 5.74) is 6.75. The second kappa shape index (κ2) is 4.12. The minimum Gasteiger partial charge on any atom is -0.344 e. The average Bonchev–Trinajstić information content (AvgIpc) is 2.66. The number of aromatic nitrogens is 1. The van der Waals surface area contributed by atoms with Crippen molar-refractivity contribution < 1.29 is 0 Å². The molecule has 0 atom stereocenters. The Hall–Kier alpha value is -0.980. The van der Waals surface area contributed by atoms with E-state index in [1.54, 1.807) is 22.5 Å². The van der Waals surface area contributed by atoms with Crippen LogP contribution in [-0.4, -0.2) is 4.57 Å². The largest absolute Gasteiger partial charge is 0.344 e. The highest BCUT2D eigenvalue weighted by molar-refractivity contribution is 5.42. The van der Waals surface area contributed by atoms with E-state index in [4.69, 9.17) is 0 Å². The molecule has 1 aromatic heterocycles. The Kier molecular flexibility index (Phi) is 2.62. The highest BCUT2D eigenvalue weighted by atomic mass is 15.0. The van der Waals surface area contributed by atoms with E-state index in [-0.39, 0.29) is 0 Å². The molecule has 0 saturated carbocycles. The Morgan fingerprint density at radius 1 is 0.875 bits per heavy atom. The van der Waals surface area contributed by atoms with Crippen LogP contribution < -0.4 is 0 Å². The van der Waals surface area contributed by atoms with Gasteiger partial charge >= 0.3 is 0 Å². The van der Waals surface area contributed by atoms with E-state index in [1.807, 2.05) is 0 Å². The number of hydrogen-bond acceptors (Lipinski definition) is 0. The molecule has 0 amide bonds. The molecule has 0 N–H and O–H groups in total. The zero-order valence-corrected chi connectivity index (χ0v) is 10.1. The highest BCUT2D eigenvalue weighted by Gasteiger charge is 2.25. The van der Waals surface area contributed by atoms with Gasteiger partial charge in [-0.3, -0.25) is 0 Å². The molecule has 0 aliphatic heterocycles. The first-order chi connectivity index (χ1) is 7.92. The molecule has 2 aliphatic carbocycles. The summed E-state index contributed by atoms with van der Waals surface area (Å²) in [6.45, 7) is 4.94. The zero-order chi connectivity index (χ0) is 11.0. The van der Waals surface area contributed by atoms with Crippen LogP contribution in [-0.2, 0) is 32.2 Å². The molecule has 0 bridgehead atoms. The Labute approximate surface area is 98.2 Å². The summed E-state index contributed by atoms with van der Waals surface area (Å²) in [5.74, 6) is 0. The standard InChI is InChI=1S/C15H21N/c1-2-11-16-14-9-5-3-7-12(14)13-8-4-6-10-15(13)16/h2H,1,3-11H2. The average molecular weight is 215 g/mol. The minimum atomic E-state index is 1.03. The Morgan fingerprint density at radius 2 is 1.38 bits per heavy atom. The molecule has 16 heavy (non-hydrogen) atoms. The number of allylic oxidation sites excluding steroid dienone is 1. The van der Waals surface area contributed by atoms with Crippen molar-refractivity contribution in [3.05, 3.63) is 35.2 Å². The summed E-state index contributed by atoms with van der Waals surface area (Å²) in [5, 5.41) is 0. The smallest absolute Gasteiger partial charge is 0.0403 e. The molecule has 86 valence electrons. The predicted molar refractivity (Wildman–Crippen MR) is 67.9 cm³/mol. The summed E-state index contributed by atoms with van der Waals surface area (Å²) >= 11 is 0. The maximum Gasteiger partial charge on any atom is 0.0403 e. The molecule has 0 aromatic carbocycles. The van der Waals surface area contributed by atoms with Crippen LogP contribution in [0.4, 0.5) is 0 Å². The van der Waals surface area contributed by atoms with Crippen molar-refractivity contribution in [2.24, 2.45) is 0 Å². The van der Waals surface area contributed by atoms with Crippen LogP contribution >= 0.6 is 0 Å². The number of nitrogens with zero attached hydrogens (tertiary/aromatic N) is 1. The predicted octanol–water partition coefficient (Wildman–Crippen LogP) is 3.43. The first-order valence-electron chi connectivity index (χ1n) is 6.74. The molecule has 2 aliphatic rings. The normalized spacial score (nSPS) is 19.0. The van der Waals surface area contributed by atoms with Crippen molar-refractivity contribution in [3.8, 4) is 0 Å². The molecule has 1 heterocycles. The van der Waals surface area contributed by atoms with Gasteiger partial charge in [0.1, 0.15) is 0 Å². The second-order valence-corrected chi connectivity index (χ2v) is 5.16. The topological polar surface area (TPSA) is 4.93 Å². The summed E-state index contributed by atoms with van der Waals surface area (Å²) in [7, 11) is 0. The van der Waals surface area contributed by atoms with E-state index in [0.29, 0.717) is 0 Å². The molecule has 3 rings (SSSR count). The number of rotatable bonds is 2. The third kappa shape index (κ3) is 1.45. The second-order valence-electron chi connectivity index (χ2n) is 5.16. The maximum atomic E-state index is 3.91. The molecule has 0 unspecified atom stereocenters. The van der Waals surface area contributed by atoms with E-state index >= 15 is 0 Å². The van der Waals surface area contributed by atoms with E-state index < -0.39 is 0 Å². The Morgan fingerprint density at radius 3 is 1.88 bits per heavy atom. The van der Waals surface area contributed by atoms with Gasteiger partial charge < -0.3 is 4.57 Å². The van der Waals surface area contributed by atoms with Crippen LogP contribution in [0.1, 0.15) is 48.2 Å². The van der Waals surface area contributed by atoms with Crippen molar-refractivity contribution in [3.63, 3.8) is 0 Å². The summed E-state index contributed by atoms with van der Waals surface area (Å²) < 4.78 is 2.58. The Balaban J connectivity index is 2.14. The first kappa shape index (κ1) is 10.2. The monoisotopic (exact) mass is 215 g/mol. The first-order valence-corrected chi connectivity index (χ1v) is 6.74. The van der Waals surface area contributed by atoms with Gasteiger partial charge in [0.15, 0.2) is 0 Å². The van der Waals surface area contributed by atoms with Crippen LogP contribution in [0, 0.1) is 0 Å². The lowest BCUT2D eigenvalue weighted by molar-refractivity contribution is 0.611. The van der Waals surface area contributed by atoms with E-state index in [0.717, 1.165) is 6.54 Å². The molecule has 0 saturated heterocycles. The van der Waals surface area contributed by atoms with E-state index in [1.165, 1.54) is 51.4 Å². The fraction of sp³-hybridized carbons (Fsp3) is 0.600. The molecule has 1 aromatic rings. The third-order valence-electron chi connectivity index (χ3n) is 4.20. The molecule has 1 nitrogen and oxygen atoms in total. The lowest BCUT2D eigenvalue weighted by Crippen LogP contribution is -2.10. The number of fused-ring (bicyclic) bond motifs is 3. The quantitative estimate of drug-likeness (QED) is 0.666. The van der Waals surface area contributed by atoms with Crippen molar-refractivity contribution in [2.45, 2.75) is 57.9 Å². The molecule has 0 fully saturated rings. The van der Waals surface area contributed by atoms with Gasteiger partial charge in [-0.15, -0.1) is 6.58 Å². The molecular formula is C15H21N. The summed E-state index contributed by atoms with van der Waals surface area (Å²) in [6, 6.07) is 0. The van der Waals surface area contributed by atoms with E-state index in [2.05, 4.69) is 17.2 Å². The summed E-state index contributed by atoms with van der Waals surface area (Å²) in [4.78, 5) is 0. The van der Waals surface area contributed by atoms with Crippen LogP contribution in [0.15, 0.2) is 12.7 Å². The molecule has 0 spiro atoms. The molecule has 1 heteroatoms. The lowest BCUT2D eigenvalue weighted by atomic mass is 9.89. The van der Waals surface area contributed by atoms with Crippen LogP contribution in [0.25, 0.3) is 0 Å². The van der Waals surface area contributed by atoms with Crippen molar-refractivity contribution in [2.75, 3.05) is 0 Å².